The number of hydrogen-bond acceptors (Lipinski definition) is 4. The van der Waals surface area contributed by atoms with Crippen LogP contribution in [-0.2, 0) is 4.74 Å². The van der Waals surface area contributed by atoms with E-state index >= 15 is 0 Å². The molecule has 0 unspecified atom stereocenters. The highest BCUT2D eigenvalue weighted by Crippen LogP contribution is 2.48. The highest BCUT2D eigenvalue weighted by atomic mass is 16.5. The summed E-state index contributed by atoms with van der Waals surface area (Å²) < 4.78 is 5.91. The van der Waals surface area contributed by atoms with Crippen LogP contribution in [0.2, 0.25) is 0 Å². The van der Waals surface area contributed by atoms with Crippen molar-refractivity contribution in [1.29, 1.82) is 0 Å². The highest BCUT2D eigenvalue weighted by Gasteiger charge is 2.29. The molecule has 2 aliphatic rings. The molecule has 6 rings (SSSR count). The molecule has 1 saturated heterocycles. The van der Waals surface area contributed by atoms with Crippen molar-refractivity contribution in [2.24, 2.45) is 0 Å². The molecule has 2 aromatic heterocycles. The van der Waals surface area contributed by atoms with Crippen LogP contribution >= 0.6 is 0 Å². The topological polar surface area (TPSA) is 38.2 Å². The normalized spacial score (nSPS) is 20.8. The molecule has 1 aliphatic heterocycles. The summed E-state index contributed by atoms with van der Waals surface area (Å²) in [5.41, 5.74) is 8.34. The summed E-state index contributed by atoms with van der Waals surface area (Å²) in [6.07, 6.45) is 6.95. The van der Waals surface area contributed by atoms with Gasteiger partial charge in [0, 0.05) is 47.7 Å². The quantitative estimate of drug-likeness (QED) is 0.369. The standard InChI is InChI=1S/C29H29N3O/c1-19-17-32(18-20(2)33-19)23-13-11-21(12-14-23)26-16-31-29-24(27-8-3-4-15-30-27)6-5-7-25(29)28(26)22-9-10-22/h3-8,11-16,19-20,22H,9-10,17-18H2,1-2H3/t19-,20+. The van der Waals surface area contributed by atoms with Crippen LogP contribution in [0.1, 0.15) is 38.2 Å². The second-order valence-electron chi connectivity index (χ2n) is 9.49. The predicted molar refractivity (Wildman–Crippen MR) is 135 cm³/mol. The Labute approximate surface area is 195 Å². The Morgan fingerprint density at radius 3 is 2.30 bits per heavy atom. The molecule has 166 valence electrons. The third-order valence-electron chi connectivity index (χ3n) is 6.83. The van der Waals surface area contributed by atoms with Gasteiger partial charge in [-0.25, -0.2) is 0 Å². The fraction of sp³-hybridized carbons (Fsp3) is 0.310. The van der Waals surface area contributed by atoms with Gasteiger partial charge in [0.25, 0.3) is 0 Å². The smallest absolute Gasteiger partial charge is 0.0799 e. The van der Waals surface area contributed by atoms with Gasteiger partial charge in [0.15, 0.2) is 0 Å². The number of ether oxygens (including phenoxy) is 1. The van der Waals surface area contributed by atoms with E-state index in [0.29, 0.717) is 5.92 Å². The van der Waals surface area contributed by atoms with E-state index in [2.05, 4.69) is 78.5 Å². The summed E-state index contributed by atoms with van der Waals surface area (Å²) in [6, 6.07) is 21.6. The lowest BCUT2D eigenvalue weighted by Crippen LogP contribution is -2.45. The summed E-state index contributed by atoms with van der Waals surface area (Å²) in [5, 5.41) is 1.26. The van der Waals surface area contributed by atoms with Crippen LogP contribution in [0.4, 0.5) is 5.69 Å². The molecule has 0 bridgehead atoms. The van der Waals surface area contributed by atoms with Crippen molar-refractivity contribution >= 4 is 16.6 Å². The molecular weight excluding hydrogens is 406 g/mol. The lowest BCUT2D eigenvalue weighted by atomic mass is 9.92. The predicted octanol–water partition coefficient (Wildman–Crippen LogP) is 6.45. The molecule has 0 amide bonds. The Balaban J connectivity index is 1.41. The largest absolute Gasteiger partial charge is 0.372 e. The number of para-hydroxylation sites is 1. The zero-order valence-corrected chi connectivity index (χ0v) is 19.2. The number of fused-ring (bicyclic) bond motifs is 1. The fourth-order valence-corrected chi connectivity index (χ4v) is 5.25. The first kappa shape index (κ1) is 20.4. The molecule has 2 aromatic carbocycles. The number of pyridine rings is 2. The molecule has 1 saturated carbocycles. The van der Waals surface area contributed by atoms with Crippen molar-refractivity contribution in [2.75, 3.05) is 18.0 Å². The van der Waals surface area contributed by atoms with Crippen molar-refractivity contribution in [3.63, 3.8) is 0 Å². The van der Waals surface area contributed by atoms with E-state index in [-0.39, 0.29) is 12.2 Å². The van der Waals surface area contributed by atoms with E-state index in [1.807, 2.05) is 18.3 Å². The molecule has 2 atom stereocenters. The van der Waals surface area contributed by atoms with Crippen molar-refractivity contribution in [3.05, 3.63) is 78.6 Å². The molecular formula is C29H29N3O. The number of hydrogen-bond donors (Lipinski definition) is 0. The van der Waals surface area contributed by atoms with Crippen LogP contribution in [0.5, 0.6) is 0 Å². The summed E-state index contributed by atoms with van der Waals surface area (Å²) in [4.78, 5) is 12.0. The van der Waals surface area contributed by atoms with E-state index in [1.165, 1.54) is 40.6 Å². The Kier molecular flexibility index (Phi) is 5.11. The van der Waals surface area contributed by atoms with Crippen LogP contribution in [0, 0.1) is 0 Å². The maximum atomic E-state index is 5.91. The third kappa shape index (κ3) is 3.89. The number of rotatable bonds is 4. The zero-order chi connectivity index (χ0) is 22.4. The van der Waals surface area contributed by atoms with Crippen molar-refractivity contribution in [1.82, 2.24) is 9.97 Å². The Bertz CT molecular complexity index is 1270. The molecule has 33 heavy (non-hydrogen) atoms. The fourth-order valence-electron chi connectivity index (χ4n) is 5.25. The van der Waals surface area contributed by atoms with Gasteiger partial charge in [-0.3, -0.25) is 9.97 Å². The molecule has 4 aromatic rings. The van der Waals surface area contributed by atoms with E-state index in [1.54, 1.807) is 0 Å². The maximum Gasteiger partial charge on any atom is 0.0799 e. The average Bonchev–Trinajstić information content (AvgIpc) is 3.68. The molecule has 4 nitrogen and oxygen atoms in total. The summed E-state index contributed by atoms with van der Waals surface area (Å²) in [7, 11) is 0. The van der Waals surface area contributed by atoms with E-state index in [9.17, 15) is 0 Å². The summed E-state index contributed by atoms with van der Waals surface area (Å²) in [5.74, 6) is 0.616. The van der Waals surface area contributed by atoms with Crippen molar-refractivity contribution < 1.29 is 4.74 Å². The van der Waals surface area contributed by atoms with Gasteiger partial charge in [0.2, 0.25) is 0 Å². The van der Waals surface area contributed by atoms with Crippen LogP contribution in [-0.4, -0.2) is 35.3 Å². The molecule has 0 spiro atoms. The van der Waals surface area contributed by atoms with Crippen LogP contribution in [0.3, 0.4) is 0 Å². The number of aromatic nitrogens is 2. The first-order chi connectivity index (χ1) is 16.2. The monoisotopic (exact) mass is 435 g/mol. The second kappa shape index (κ2) is 8.27. The molecule has 0 radical (unpaired) electrons. The van der Waals surface area contributed by atoms with Gasteiger partial charge in [0.1, 0.15) is 0 Å². The lowest BCUT2D eigenvalue weighted by molar-refractivity contribution is -0.00521. The van der Waals surface area contributed by atoms with E-state index in [4.69, 9.17) is 9.72 Å². The van der Waals surface area contributed by atoms with Gasteiger partial charge in [-0.05, 0) is 68.0 Å². The second-order valence-corrected chi connectivity index (χ2v) is 9.49. The van der Waals surface area contributed by atoms with Crippen LogP contribution in [0.25, 0.3) is 33.3 Å². The number of nitrogens with zero attached hydrogens (tertiary/aromatic N) is 3. The zero-order valence-electron chi connectivity index (χ0n) is 19.2. The van der Waals surface area contributed by atoms with Gasteiger partial charge >= 0.3 is 0 Å². The van der Waals surface area contributed by atoms with Crippen LogP contribution in [0.15, 0.2) is 73.1 Å². The Morgan fingerprint density at radius 2 is 1.61 bits per heavy atom. The van der Waals surface area contributed by atoms with Gasteiger partial charge in [-0.1, -0.05) is 36.4 Å². The van der Waals surface area contributed by atoms with E-state index in [0.717, 1.165) is 29.9 Å². The van der Waals surface area contributed by atoms with Crippen molar-refractivity contribution in [2.45, 2.75) is 44.8 Å². The summed E-state index contributed by atoms with van der Waals surface area (Å²) >= 11 is 0. The molecule has 1 aliphatic carbocycles. The van der Waals surface area contributed by atoms with Gasteiger partial charge < -0.3 is 9.64 Å². The maximum absolute atomic E-state index is 5.91. The first-order valence-corrected chi connectivity index (χ1v) is 12.0. The number of benzene rings is 2. The molecule has 3 heterocycles. The Hall–Kier alpha value is -3.24. The number of anilines is 1. The number of morpholine rings is 1. The summed E-state index contributed by atoms with van der Waals surface area (Å²) in [6.45, 7) is 6.17. The third-order valence-corrected chi connectivity index (χ3v) is 6.83. The Morgan fingerprint density at radius 1 is 0.818 bits per heavy atom. The van der Waals surface area contributed by atoms with Gasteiger partial charge in [-0.2, -0.15) is 0 Å². The highest BCUT2D eigenvalue weighted by molar-refractivity contribution is 5.98. The van der Waals surface area contributed by atoms with Gasteiger partial charge in [-0.15, -0.1) is 0 Å². The molecule has 2 fully saturated rings. The van der Waals surface area contributed by atoms with E-state index < -0.39 is 0 Å². The SMILES string of the molecule is C[C@@H]1CN(c2ccc(-c3cnc4c(-c5ccccn5)cccc4c3C3CC3)cc2)C[C@H](C)O1. The van der Waals surface area contributed by atoms with Crippen molar-refractivity contribution in [3.8, 4) is 22.4 Å². The minimum absolute atomic E-state index is 0.257. The first-order valence-electron chi connectivity index (χ1n) is 12.0. The average molecular weight is 436 g/mol. The van der Waals surface area contributed by atoms with Crippen LogP contribution < -0.4 is 4.90 Å². The molecule has 4 heteroatoms. The molecule has 0 N–H and O–H groups in total. The minimum atomic E-state index is 0.257. The minimum Gasteiger partial charge on any atom is -0.372 e. The van der Waals surface area contributed by atoms with Gasteiger partial charge in [0.05, 0.1) is 23.4 Å². The lowest BCUT2D eigenvalue weighted by Gasteiger charge is -2.37.